The molecule has 0 radical (unpaired) electrons. The number of benzene rings is 1. The van der Waals surface area contributed by atoms with Gasteiger partial charge in [-0.05, 0) is 12.1 Å². The molecular weight excluding hydrogens is 218 g/mol. The maximum atomic E-state index is 11.5. The van der Waals surface area contributed by atoms with Crippen LogP contribution in [0.3, 0.4) is 0 Å². The Kier molecular flexibility index (Phi) is 3.75. The monoisotopic (exact) mass is 231 g/mol. The van der Waals surface area contributed by atoms with Crippen molar-refractivity contribution in [2.75, 3.05) is 11.9 Å². The minimum Gasteiger partial charge on any atom is -0.451 e. The van der Waals surface area contributed by atoms with Crippen molar-refractivity contribution in [3.63, 3.8) is 0 Å². The second-order valence-corrected chi connectivity index (χ2v) is 3.48. The highest BCUT2D eigenvalue weighted by molar-refractivity contribution is 5.89. The van der Waals surface area contributed by atoms with Gasteiger partial charge >= 0.3 is 6.03 Å². The summed E-state index contributed by atoms with van der Waals surface area (Å²) < 4.78 is 4.83. The van der Waals surface area contributed by atoms with E-state index < -0.39 is 0 Å². The van der Waals surface area contributed by atoms with Gasteiger partial charge in [-0.2, -0.15) is 0 Å². The molecule has 2 rings (SSSR count). The topological polar surface area (TPSA) is 67.2 Å². The third-order valence-corrected chi connectivity index (χ3v) is 2.18. The molecule has 2 amide bonds. The summed E-state index contributed by atoms with van der Waals surface area (Å²) >= 11 is 0. The Bertz CT molecular complexity index is 454. The van der Waals surface area contributed by atoms with E-state index in [9.17, 15) is 4.79 Å². The smallest absolute Gasteiger partial charge is 0.319 e. The van der Waals surface area contributed by atoms with Crippen LogP contribution in [0.1, 0.15) is 5.69 Å². The average Bonchev–Trinajstić information content (AvgIpc) is 2.83. The summed E-state index contributed by atoms with van der Waals surface area (Å²) in [6, 6.07) is 9.07. The SMILES string of the molecule is O=C(NCCc1cocn1)Nc1ccccc1. The molecule has 0 unspecified atom stereocenters. The zero-order chi connectivity index (χ0) is 11.9. The highest BCUT2D eigenvalue weighted by Gasteiger charge is 2.01. The maximum Gasteiger partial charge on any atom is 0.319 e. The predicted molar refractivity (Wildman–Crippen MR) is 63.7 cm³/mol. The first-order chi connectivity index (χ1) is 8.34. The molecule has 0 saturated heterocycles. The van der Waals surface area contributed by atoms with Crippen molar-refractivity contribution in [2.45, 2.75) is 6.42 Å². The van der Waals surface area contributed by atoms with Gasteiger partial charge in [0.2, 0.25) is 0 Å². The Balaban J connectivity index is 1.71. The number of aromatic nitrogens is 1. The van der Waals surface area contributed by atoms with Gasteiger partial charge in [-0.15, -0.1) is 0 Å². The third kappa shape index (κ3) is 3.64. The summed E-state index contributed by atoms with van der Waals surface area (Å²) in [5.41, 5.74) is 1.59. The van der Waals surface area contributed by atoms with Crippen LogP contribution in [0, 0.1) is 0 Å². The van der Waals surface area contributed by atoms with Crippen LogP contribution in [0.5, 0.6) is 0 Å². The van der Waals surface area contributed by atoms with E-state index in [0.29, 0.717) is 13.0 Å². The van der Waals surface area contributed by atoms with Crippen LogP contribution in [0.2, 0.25) is 0 Å². The molecule has 0 bridgehead atoms. The van der Waals surface area contributed by atoms with Gasteiger partial charge in [0, 0.05) is 18.7 Å². The van der Waals surface area contributed by atoms with Crippen LogP contribution < -0.4 is 10.6 Å². The van der Waals surface area contributed by atoms with Crippen LogP contribution in [-0.4, -0.2) is 17.6 Å². The Morgan fingerprint density at radius 3 is 2.82 bits per heavy atom. The number of carbonyl (C=O) groups excluding carboxylic acids is 1. The van der Waals surface area contributed by atoms with Crippen LogP contribution in [0.15, 0.2) is 47.4 Å². The molecule has 17 heavy (non-hydrogen) atoms. The quantitative estimate of drug-likeness (QED) is 0.846. The van der Waals surface area contributed by atoms with E-state index >= 15 is 0 Å². The fourth-order valence-corrected chi connectivity index (χ4v) is 1.36. The van der Waals surface area contributed by atoms with Crippen molar-refractivity contribution in [2.24, 2.45) is 0 Å². The number of carbonyl (C=O) groups is 1. The standard InChI is InChI=1S/C12H13N3O2/c16-12(15-10-4-2-1-3-5-10)13-7-6-11-8-17-9-14-11/h1-5,8-9H,6-7H2,(H2,13,15,16). The highest BCUT2D eigenvalue weighted by Crippen LogP contribution is 2.04. The van der Waals surface area contributed by atoms with Crippen molar-refractivity contribution >= 4 is 11.7 Å². The number of amides is 2. The molecule has 5 nitrogen and oxygen atoms in total. The zero-order valence-corrected chi connectivity index (χ0v) is 9.22. The molecule has 2 N–H and O–H groups in total. The van der Waals surface area contributed by atoms with E-state index in [0.717, 1.165) is 11.4 Å². The Labute approximate surface area is 98.9 Å². The maximum absolute atomic E-state index is 11.5. The van der Waals surface area contributed by atoms with Crippen LogP contribution >= 0.6 is 0 Å². The van der Waals surface area contributed by atoms with E-state index in [1.54, 1.807) is 6.26 Å². The molecule has 5 heteroatoms. The lowest BCUT2D eigenvalue weighted by molar-refractivity contribution is 0.252. The first-order valence-corrected chi connectivity index (χ1v) is 5.31. The lowest BCUT2D eigenvalue weighted by Gasteiger charge is -2.06. The lowest BCUT2D eigenvalue weighted by Crippen LogP contribution is -2.30. The summed E-state index contributed by atoms with van der Waals surface area (Å²) in [6.07, 6.45) is 3.59. The highest BCUT2D eigenvalue weighted by atomic mass is 16.3. The van der Waals surface area contributed by atoms with Crippen molar-refractivity contribution in [3.05, 3.63) is 48.7 Å². The Morgan fingerprint density at radius 2 is 2.12 bits per heavy atom. The number of hydrogen-bond donors (Lipinski definition) is 2. The van der Waals surface area contributed by atoms with Gasteiger partial charge in [0.05, 0.1) is 5.69 Å². The molecule has 0 atom stereocenters. The second kappa shape index (κ2) is 5.69. The second-order valence-electron chi connectivity index (χ2n) is 3.48. The van der Waals surface area contributed by atoms with E-state index in [1.807, 2.05) is 30.3 Å². The average molecular weight is 231 g/mol. The number of hydrogen-bond acceptors (Lipinski definition) is 3. The first-order valence-electron chi connectivity index (χ1n) is 5.31. The molecular formula is C12H13N3O2. The van der Waals surface area contributed by atoms with Crippen molar-refractivity contribution in [1.82, 2.24) is 10.3 Å². The first kappa shape index (κ1) is 11.2. The summed E-state index contributed by atoms with van der Waals surface area (Å²) in [5.74, 6) is 0. The number of urea groups is 1. The number of nitrogens with zero attached hydrogens (tertiary/aromatic N) is 1. The zero-order valence-electron chi connectivity index (χ0n) is 9.22. The predicted octanol–water partition coefficient (Wildman–Crippen LogP) is 2.04. The van der Waals surface area contributed by atoms with Gasteiger partial charge in [0.1, 0.15) is 6.26 Å². The van der Waals surface area contributed by atoms with Crippen LogP contribution in [0.4, 0.5) is 10.5 Å². The van der Waals surface area contributed by atoms with Crippen LogP contribution in [-0.2, 0) is 6.42 Å². The van der Waals surface area contributed by atoms with Gasteiger partial charge < -0.3 is 15.1 Å². The molecule has 0 aliphatic heterocycles. The summed E-state index contributed by atoms with van der Waals surface area (Å²) in [4.78, 5) is 15.4. The fourth-order valence-electron chi connectivity index (χ4n) is 1.36. The van der Waals surface area contributed by atoms with Gasteiger partial charge in [-0.1, -0.05) is 18.2 Å². The molecule has 1 aromatic carbocycles. The minimum absolute atomic E-state index is 0.223. The number of para-hydroxylation sites is 1. The number of oxazole rings is 1. The number of nitrogens with one attached hydrogen (secondary N) is 2. The van der Waals surface area contributed by atoms with Gasteiger partial charge in [-0.25, -0.2) is 9.78 Å². The Hall–Kier alpha value is -2.30. The van der Waals surface area contributed by atoms with Crippen molar-refractivity contribution in [3.8, 4) is 0 Å². The lowest BCUT2D eigenvalue weighted by atomic mass is 10.3. The van der Waals surface area contributed by atoms with Gasteiger partial charge in [0.15, 0.2) is 6.39 Å². The summed E-state index contributed by atoms with van der Waals surface area (Å²) in [5, 5.41) is 5.47. The molecule has 1 heterocycles. The van der Waals surface area contributed by atoms with Gasteiger partial charge in [-0.3, -0.25) is 0 Å². The molecule has 1 aromatic heterocycles. The molecule has 0 aliphatic carbocycles. The van der Waals surface area contributed by atoms with E-state index in [4.69, 9.17) is 4.42 Å². The van der Waals surface area contributed by atoms with Gasteiger partial charge in [0.25, 0.3) is 0 Å². The third-order valence-electron chi connectivity index (χ3n) is 2.18. The molecule has 0 aliphatic rings. The Morgan fingerprint density at radius 1 is 1.29 bits per heavy atom. The van der Waals surface area contributed by atoms with Crippen LogP contribution in [0.25, 0.3) is 0 Å². The summed E-state index contributed by atoms with van der Waals surface area (Å²) in [7, 11) is 0. The van der Waals surface area contributed by atoms with E-state index in [1.165, 1.54) is 6.39 Å². The molecule has 0 spiro atoms. The normalized spacial score (nSPS) is 9.88. The summed E-state index contributed by atoms with van der Waals surface area (Å²) in [6.45, 7) is 0.519. The minimum atomic E-state index is -0.223. The number of rotatable bonds is 4. The molecule has 0 fully saturated rings. The van der Waals surface area contributed by atoms with E-state index in [2.05, 4.69) is 15.6 Å². The van der Waals surface area contributed by atoms with E-state index in [-0.39, 0.29) is 6.03 Å². The molecule has 2 aromatic rings. The molecule has 88 valence electrons. The largest absolute Gasteiger partial charge is 0.451 e. The van der Waals surface area contributed by atoms with Crippen molar-refractivity contribution < 1.29 is 9.21 Å². The number of anilines is 1. The fraction of sp³-hybridized carbons (Fsp3) is 0.167. The van der Waals surface area contributed by atoms with Crippen molar-refractivity contribution in [1.29, 1.82) is 0 Å². The molecule has 0 saturated carbocycles.